The Morgan fingerprint density at radius 2 is 2.43 bits per heavy atom. The summed E-state index contributed by atoms with van der Waals surface area (Å²) in [5.74, 6) is 0. The molecule has 1 N–H and O–H groups in total. The minimum atomic E-state index is 0.233. The molecule has 1 heterocycles. The highest BCUT2D eigenvalue weighted by molar-refractivity contribution is 5.34. The van der Waals surface area contributed by atoms with E-state index in [1.807, 2.05) is 24.3 Å². The summed E-state index contributed by atoms with van der Waals surface area (Å²) in [5, 5.41) is 12.1. The van der Waals surface area contributed by atoms with E-state index in [2.05, 4.69) is 11.4 Å². The SMILES string of the molecule is N#Cc1cccc(C2COCCN2)c1. The van der Waals surface area contributed by atoms with Crippen molar-refractivity contribution < 1.29 is 4.74 Å². The maximum Gasteiger partial charge on any atom is 0.0991 e. The molecule has 1 aromatic carbocycles. The fourth-order valence-electron chi connectivity index (χ4n) is 1.60. The second-order valence-electron chi connectivity index (χ2n) is 3.32. The lowest BCUT2D eigenvalue weighted by Gasteiger charge is -2.24. The van der Waals surface area contributed by atoms with Gasteiger partial charge < -0.3 is 10.1 Å². The molecule has 1 aromatic rings. The van der Waals surface area contributed by atoms with E-state index in [-0.39, 0.29) is 6.04 Å². The highest BCUT2D eigenvalue weighted by Crippen LogP contribution is 2.16. The Kier molecular flexibility index (Phi) is 2.78. The van der Waals surface area contributed by atoms with Crippen LogP contribution >= 0.6 is 0 Å². The number of nitrogens with one attached hydrogen (secondary N) is 1. The van der Waals surface area contributed by atoms with Crippen molar-refractivity contribution in [1.29, 1.82) is 5.26 Å². The van der Waals surface area contributed by atoms with Crippen LogP contribution < -0.4 is 5.32 Å². The van der Waals surface area contributed by atoms with Crippen LogP contribution in [-0.4, -0.2) is 19.8 Å². The Bertz CT molecular complexity index is 351. The van der Waals surface area contributed by atoms with Gasteiger partial charge in [-0.2, -0.15) is 5.26 Å². The molecule has 1 aliphatic heterocycles. The third-order valence-corrected chi connectivity index (χ3v) is 2.34. The topological polar surface area (TPSA) is 45.0 Å². The van der Waals surface area contributed by atoms with E-state index >= 15 is 0 Å². The van der Waals surface area contributed by atoms with Crippen molar-refractivity contribution in [2.24, 2.45) is 0 Å². The summed E-state index contributed by atoms with van der Waals surface area (Å²) < 4.78 is 5.36. The third kappa shape index (κ3) is 1.92. The number of hydrogen-bond acceptors (Lipinski definition) is 3. The molecule has 72 valence electrons. The molecule has 1 atom stereocenters. The molecular formula is C11H12N2O. The Morgan fingerprint density at radius 3 is 3.14 bits per heavy atom. The Balaban J connectivity index is 2.18. The van der Waals surface area contributed by atoms with Gasteiger partial charge in [-0.05, 0) is 17.7 Å². The van der Waals surface area contributed by atoms with E-state index < -0.39 is 0 Å². The number of rotatable bonds is 1. The van der Waals surface area contributed by atoms with Gasteiger partial charge in [0, 0.05) is 6.54 Å². The van der Waals surface area contributed by atoms with Gasteiger partial charge >= 0.3 is 0 Å². The minimum Gasteiger partial charge on any atom is -0.378 e. The van der Waals surface area contributed by atoms with Gasteiger partial charge in [-0.15, -0.1) is 0 Å². The van der Waals surface area contributed by atoms with Crippen LogP contribution in [-0.2, 0) is 4.74 Å². The van der Waals surface area contributed by atoms with E-state index in [1.165, 1.54) is 0 Å². The summed E-state index contributed by atoms with van der Waals surface area (Å²) >= 11 is 0. The van der Waals surface area contributed by atoms with Gasteiger partial charge in [0.15, 0.2) is 0 Å². The van der Waals surface area contributed by atoms with Crippen molar-refractivity contribution in [3.05, 3.63) is 35.4 Å². The molecule has 0 spiro atoms. The molecule has 3 heteroatoms. The summed E-state index contributed by atoms with van der Waals surface area (Å²) in [6.07, 6.45) is 0. The summed E-state index contributed by atoms with van der Waals surface area (Å²) in [6, 6.07) is 10.0. The standard InChI is InChI=1S/C11H12N2O/c12-7-9-2-1-3-10(6-9)11-8-14-5-4-13-11/h1-3,6,11,13H,4-5,8H2. The normalized spacial score (nSPS) is 21.5. The van der Waals surface area contributed by atoms with Crippen LogP contribution in [0.4, 0.5) is 0 Å². The lowest BCUT2D eigenvalue weighted by atomic mass is 10.0. The maximum atomic E-state index is 8.76. The van der Waals surface area contributed by atoms with E-state index in [0.29, 0.717) is 12.2 Å². The molecule has 0 aromatic heterocycles. The third-order valence-electron chi connectivity index (χ3n) is 2.34. The predicted molar refractivity (Wildman–Crippen MR) is 52.7 cm³/mol. The highest BCUT2D eigenvalue weighted by atomic mass is 16.5. The van der Waals surface area contributed by atoms with E-state index in [0.717, 1.165) is 18.7 Å². The molecule has 1 unspecified atom stereocenters. The lowest BCUT2D eigenvalue weighted by molar-refractivity contribution is 0.0769. The number of hydrogen-bond donors (Lipinski definition) is 1. The smallest absolute Gasteiger partial charge is 0.0991 e. The average molecular weight is 188 g/mol. The summed E-state index contributed by atoms with van der Waals surface area (Å²) in [7, 11) is 0. The van der Waals surface area contributed by atoms with Crippen molar-refractivity contribution in [3.63, 3.8) is 0 Å². The minimum absolute atomic E-state index is 0.233. The Hall–Kier alpha value is -1.37. The molecule has 0 saturated carbocycles. The maximum absolute atomic E-state index is 8.76. The summed E-state index contributed by atoms with van der Waals surface area (Å²) in [4.78, 5) is 0. The quantitative estimate of drug-likeness (QED) is 0.720. The number of benzene rings is 1. The van der Waals surface area contributed by atoms with Crippen molar-refractivity contribution in [1.82, 2.24) is 5.32 Å². The molecule has 1 aliphatic rings. The van der Waals surface area contributed by atoms with Gasteiger partial charge in [0.1, 0.15) is 0 Å². The largest absolute Gasteiger partial charge is 0.378 e. The highest BCUT2D eigenvalue weighted by Gasteiger charge is 2.14. The van der Waals surface area contributed by atoms with Crippen LogP contribution in [0.15, 0.2) is 24.3 Å². The zero-order valence-electron chi connectivity index (χ0n) is 7.86. The fraction of sp³-hybridized carbons (Fsp3) is 0.364. The number of ether oxygens (including phenoxy) is 1. The zero-order valence-corrected chi connectivity index (χ0v) is 7.86. The van der Waals surface area contributed by atoms with Crippen LogP contribution in [0.3, 0.4) is 0 Å². The van der Waals surface area contributed by atoms with Crippen molar-refractivity contribution in [3.8, 4) is 6.07 Å². The van der Waals surface area contributed by atoms with Crippen LogP contribution in [0.2, 0.25) is 0 Å². The first kappa shape index (κ1) is 9.20. The van der Waals surface area contributed by atoms with Gasteiger partial charge in [0.25, 0.3) is 0 Å². The molecule has 2 rings (SSSR count). The summed E-state index contributed by atoms with van der Waals surface area (Å²) in [6.45, 7) is 2.34. The second-order valence-corrected chi connectivity index (χ2v) is 3.32. The van der Waals surface area contributed by atoms with Gasteiger partial charge in [-0.25, -0.2) is 0 Å². The first-order valence-electron chi connectivity index (χ1n) is 4.71. The number of nitrogens with zero attached hydrogens (tertiary/aromatic N) is 1. The molecule has 0 amide bonds. The van der Waals surface area contributed by atoms with E-state index in [9.17, 15) is 0 Å². The van der Waals surface area contributed by atoms with E-state index in [1.54, 1.807) is 0 Å². The van der Waals surface area contributed by atoms with Gasteiger partial charge in [-0.1, -0.05) is 12.1 Å². The second kappa shape index (κ2) is 4.23. The lowest BCUT2D eigenvalue weighted by Crippen LogP contribution is -2.34. The van der Waals surface area contributed by atoms with E-state index in [4.69, 9.17) is 10.00 Å². The van der Waals surface area contributed by atoms with Crippen LogP contribution in [0.1, 0.15) is 17.2 Å². The predicted octanol–water partition coefficient (Wildman–Crippen LogP) is 1.22. The number of morpholine rings is 1. The summed E-state index contributed by atoms with van der Waals surface area (Å²) in [5.41, 5.74) is 1.83. The van der Waals surface area contributed by atoms with Crippen molar-refractivity contribution in [2.75, 3.05) is 19.8 Å². The molecule has 14 heavy (non-hydrogen) atoms. The van der Waals surface area contributed by atoms with Crippen LogP contribution in [0, 0.1) is 11.3 Å². The molecule has 0 aliphatic carbocycles. The van der Waals surface area contributed by atoms with Crippen LogP contribution in [0.25, 0.3) is 0 Å². The average Bonchev–Trinajstić information content (AvgIpc) is 2.30. The zero-order chi connectivity index (χ0) is 9.80. The van der Waals surface area contributed by atoms with Gasteiger partial charge in [0.05, 0.1) is 30.9 Å². The molecule has 0 bridgehead atoms. The first-order chi connectivity index (χ1) is 6.90. The molecule has 0 radical (unpaired) electrons. The van der Waals surface area contributed by atoms with Gasteiger partial charge in [0.2, 0.25) is 0 Å². The Morgan fingerprint density at radius 1 is 1.50 bits per heavy atom. The molecule has 1 saturated heterocycles. The van der Waals surface area contributed by atoms with Crippen molar-refractivity contribution in [2.45, 2.75) is 6.04 Å². The molecular weight excluding hydrogens is 176 g/mol. The fourth-order valence-corrected chi connectivity index (χ4v) is 1.60. The first-order valence-corrected chi connectivity index (χ1v) is 4.71. The van der Waals surface area contributed by atoms with Crippen LogP contribution in [0.5, 0.6) is 0 Å². The van der Waals surface area contributed by atoms with Crippen molar-refractivity contribution >= 4 is 0 Å². The molecule has 1 fully saturated rings. The Labute approximate surface area is 83.3 Å². The molecule has 3 nitrogen and oxygen atoms in total. The monoisotopic (exact) mass is 188 g/mol. The van der Waals surface area contributed by atoms with Gasteiger partial charge in [-0.3, -0.25) is 0 Å². The number of nitriles is 1.